The highest BCUT2D eigenvalue weighted by Crippen LogP contribution is 2.10. The van der Waals surface area contributed by atoms with Crippen LogP contribution in [0.15, 0.2) is 5.16 Å². The van der Waals surface area contributed by atoms with E-state index in [1.165, 1.54) is 0 Å². The lowest BCUT2D eigenvalue weighted by atomic mass is 9.95. The van der Waals surface area contributed by atoms with Crippen LogP contribution in [0.3, 0.4) is 0 Å². The number of nitrogens with zero attached hydrogens (tertiary/aromatic N) is 1. The van der Waals surface area contributed by atoms with E-state index >= 15 is 0 Å². The molecule has 0 radical (unpaired) electrons. The molecule has 58 valence electrons. The van der Waals surface area contributed by atoms with Crippen LogP contribution in [0.25, 0.3) is 0 Å². The fourth-order valence-corrected chi connectivity index (χ4v) is 1.22. The van der Waals surface area contributed by atoms with Gasteiger partial charge in [0.15, 0.2) is 0 Å². The molecular formula is C7H14N2O. The Bertz CT molecular complexity index is 145. The number of oxime groups is 1. The van der Waals surface area contributed by atoms with Crippen LogP contribution in [-0.2, 0) is 0 Å². The van der Waals surface area contributed by atoms with Gasteiger partial charge in [0.2, 0.25) is 0 Å². The molecule has 3 nitrogen and oxygen atoms in total. The Kier molecular flexibility index (Phi) is 2.27. The monoisotopic (exact) mass is 142 g/mol. The minimum atomic E-state index is 0.390. The molecule has 1 rings (SSSR count). The van der Waals surface area contributed by atoms with Crippen LogP contribution in [0, 0.1) is 5.92 Å². The molecule has 0 saturated carbocycles. The molecule has 0 aromatic rings. The number of piperidine rings is 1. The van der Waals surface area contributed by atoms with Crippen molar-refractivity contribution >= 4 is 5.71 Å². The van der Waals surface area contributed by atoms with Gasteiger partial charge < -0.3 is 10.5 Å². The lowest BCUT2D eigenvalue weighted by Gasteiger charge is -2.25. The van der Waals surface area contributed by atoms with Crippen molar-refractivity contribution < 1.29 is 5.21 Å². The van der Waals surface area contributed by atoms with Crippen molar-refractivity contribution in [3.63, 3.8) is 0 Å². The van der Waals surface area contributed by atoms with Crippen LogP contribution in [0.1, 0.15) is 20.3 Å². The Hall–Kier alpha value is -0.570. The smallest absolute Gasteiger partial charge is 0.0626 e. The van der Waals surface area contributed by atoms with Gasteiger partial charge in [0, 0.05) is 24.9 Å². The van der Waals surface area contributed by atoms with Gasteiger partial charge in [-0.1, -0.05) is 12.1 Å². The second-order valence-corrected chi connectivity index (χ2v) is 3.01. The van der Waals surface area contributed by atoms with E-state index in [1.807, 2.05) is 0 Å². The first-order valence-electron chi connectivity index (χ1n) is 3.68. The number of nitrogens with one attached hydrogen (secondary N) is 1. The van der Waals surface area contributed by atoms with Crippen molar-refractivity contribution in [3.8, 4) is 0 Å². The SMILES string of the molecule is C[C@H]1CC(=NO)[C@@H](C)CN1. The molecule has 1 fully saturated rings. The fourth-order valence-electron chi connectivity index (χ4n) is 1.22. The maximum Gasteiger partial charge on any atom is 0.0626 e. The maximum absolute atomic E-state index is 8.54. The molecule has 1 aliphatic rings. The summed E-state index contributed by atoms with van der Waals surface area (Å²) in [6.07, 6.45) is 0.873. The van der Waals surface area contributed by atoms with Crippen molar-refractivity contribution in [2.45, 2.75) is 26.3 Å². The molecule has 0 aromatic carbocycles. The Morgan fingerprint density at radius 3 is 2.80 bits per heavy atom. The Labute approximate surface area is 61.1 Å². The second kappa shape index (κ2) is 3.01. The van der Waals surface area contributed by atoms with Gasteiger partial charge >= 0.3 is 0 Å². The van der Waals surface area contributed by atoms with Crippen LogP contribution in [0.2, 0.25) is 0 Å². The third-order valence-corrected chi connectivity index (χ3v) is 1.99. The maximum atomic E-state index is 8.54. The van der Waals surface area contributed by atoms with Gasteiger partial charge in [0.05, 0.1) is 5.71 Å². The largest absolute Gasteiger partial charge is 0.411 e. The van der Waals surface area contributed by atoms with E-state index in [0.29, 0.717) is 12.0 Å². The molecule has 1 heterocycles. The summed E-state index contributed by atoms with van der Waals surface area (Å²) in [5.41, 5.74) is 0.922. The zero-order valence-electron chi connectivity index (χ0n) is 6.46. The molecule has 0 amide bonds. The van der Waals surface area contributed by atoms with Crippen molar-refractivity contribution in [1.82, 2.24) is 5.32 Å². The lowest BCUT2D eigenvalue weighted by molar-refractivity contribution is 0.308. The average Bonchev–Trinajstić information content (AvgIpc) is 1.94. The van der Waals surface area contributed by atoms with E-state index in [1.54, 1.807) is 0 Å². The molecule has 0 unspecified atom stereocenters. The zero-order valence-corrected chi connectivity index (χ0v) is 6.46. The summed E-state index contributed by atoms with van der Waals surface area (Å²) in [5.74, 6) is 0.390. The van der Waals surface area contributed by atoms with Crippen LogP contribution in [0.5, 0.6) is 0 Å². The fraction of sp³-hybridized carbons (Fsp3) is 0.857. The van der Waals surface area contributed by atoms with Crippen LogP contribution in [0.4, 0.5) is 0 Å². The highest BCUT2D eigenvalue weighted by Gasteiger charge is 2.20. The summed E-state index contributed by atoms with van der Waals surface area (Å²) < 4.78 is 0. The first kappa shape index (κ1) is 7.54. The van der Waals surface area contributed by atoms with E-state index in [9.17, 15) is 0 Å². The number of hydrogen-bond acceptors (Lipinski definition) is 3. The third-order valence-electron chi connectivity index (χ3n) is 1.99. The van der Waals surface area contributed by atoms with E-state index in [4.69, 9.17) is 5.21 Å². The van der Waals surface area contributed by atoms with Gasteiger partial charge in [-0.2, -0.15) is 0 Å². The summed E-state index contributed by atoms with van der Waals surface area (Å²) in [4.78, 5) is 0. The standard InChI is InChI=1S/C7H14N2O/c1-5-4-8-6(2)3-7(5)9-10/h5-6,8,10H,3-4H2,1-2H3/t5-,6-/m0/s1. The van der Waals surface area contributed by atoms with Crippen molar-refractivity contribution in [2.24, 2.45) is 11.1 Å². The quantitative estimate of drug-likeness (QED) is 0.389. The zero-order chi connectivity index (χ0) is 7.56. The Morgan fingerprint density at radius 2 is 2.30 bits per heavy atom. The molecule has 0 aromatic heterocycles. The van der Waals surface area contributed by atoms with Gasteiger partial charge in [0.1, 0.15) is 0 Å². The molecule has 0 aliphatic carbocycles. The topological polar surface area (TPSA) is 44.6 Å². The summed E-state index contributed by atoms with van der Waals surface area (Å²) in [6.45, 7) is 5.09. The highest BCUT2D eigenvalue weighted by atomic mass is 16.4. The third kappa shape index (κ3) is 1.48. The first-order chi connectivity index (χ1) is 4.74. The summed E-state index contributed by atoms with van der Waals surface area (Å²) >= 11 is 0. The van der Waals surface area contributed by atoms with E-state index in [-0.39, 0.29) is 0 Å². The summed E-state index contributed by atoms with van der Waals surface area (Å²) in [5, 5.41) is 15.1. The first-order valence-corrected chi connectivity index (χ1v) is 3.68. The van der Waals surface area contributed by atoms with Crippen molar-refractivity contribution in [3.05, 3.63) is 0 Å². The second-order valence-electron chi connectivity index (χ2n) is 3.01. The molecule has 2 atom stereocenters. The molecular weight excluding hydrogens is 128 g/mol. The molecule has 3 heteroatoms. The molecule has 10 heavy (non-hydrogen) atoms. The normalized spacial score (nSPS) is 38.4. The highest BCUT2D eigenvalue weighted by molar-refractivity contribution is 5.87. The van der Waals surface area contributed by atoms with Crippen LogP contribution < -0.4 is 5.32 Å². The minimum absolute atomic E-state index is 0.390. The van der Waals surface area contributed by atoms with Crippen LogP contribution >= 0.6 is 0 Å². The molecule has 0 spiro atoms. The average molecular weight is 142 g/mol. The van der Waals surface area contributed by atoms with Gasteiger partial charge in [-0.25, -0.2) is 0 Å². The number of hydrogen-bond donors (Lipinski definition) is 2. The lowest BCUT2D eigenvalue weighted by Crippen LogP contribution is -2.41. The van der Waals surface area contributed by atoms with E-state index in [0.717, 1.165) is 18.7 Å². The Morgan fingerprint density at radius 1 is 1.60 bits per heavy atom. The summed E-state index contributed by atoms with van der Waals surface area (Å²) in [7, 11) is 0. The minimum Gasteiger partial charge on any atom is -0.411 e. The van der Waals surface area contributed by atoms with E-state index in [2.05, 4.69) is 24.3 Å². The van der Waals surface area contributed by atoms with Crippen molar-refractivity contribution in [1.29, 1.82) is 0 Å². The predicted octanol–water partition coefficient (Wildman–Crippen LogP) is 0.834. The van der Waals surface area contributed by atoms with E-state index < -0.39 is 0 Å². The van der Waals surface area contributed by atoms with Crippen molar-refractivity contribution in [2.75, 3.05) is 6.54 Å². The molecule has 2 N–H and O–H groups in total. The van der Waals surface area contributed by atoms with Gasteiger partial charge in [-0.15, -0.1) is 0 Å². The Balaban J connectivity index is 2.54. The molecule has 1 saturated heterocycles. The predicted molar refractivity (Wildman–Crippen MR) is 40.5 cm³/mol. The summed E-state index contributed by atoms with van der Waals surface area (Å²) in [6, 6.07) is 0.460. The van der Waals surface area contributed by atoms with Gasteiger partial charge in [0.25, 0.3) is 0 Å². The van der Waals surface area contributed by atoms with Gasteiger partial charge in [-0.05, 0) is 6.92 Å². The van der Waals surface area contributed by atoms with Crippen LogP contribution in [-0.4, -0.2) is 23.5 Å². The van der Waals surface area contributed by atoms with Gasteiger partial charge in [-0.3, -0.25) is 0 Å². The number of rotatable bonds is 0. The molecule has 1 aliphatic heterocycles. The molecule has 0 bridgehead atoms.